The zero-order valence-electron chi connectivity index (χ0n) is 17.2. The normalized spacial score (nSPS) is 12.6. The molecule has 12 nitrogen and oxygen atoms in total. The second-order valence-electron chi connectivity index (χ2n) is 6.85. The lowest BCUT2D eigenvalue weighted by Gasteiger charge is -2.18. The van der Waals surface area contributed by atoms with E-state index < -0.39 is 41.4 Å². The zero-order valence-corrected chi connectivity index (χ0v) is 18.1. The van der Waals surface area contributed by atoms with Gasteiger partial charge in [0, 0.05) is 31.7 Å². The third-order valence-electron chi connectivity index (χ3n) is 4.25. The molecule has 0 heterocycles. The van der Waals surface area contributed by atoms with Gasteiger partial charge in [-0.3, -0.25) is 14.4 Å². The Bertz CT molecular complexity index is 836. The molecule has 2 amide bonds. The minimum absolute atomic E-state index is 0.154. The lowest BCUT2D eigenvalue weighted by molar-refractivity contribution is -0.141. The summed E-state index contributed by atoms with van der Waals surface area (Å²) in [5.41, 5.74) is 11.5. The largest absolute Gasteiger partial charge is 0.504 e. The number of phenols is 2. The van der Waals surface area contributed by atoms with Crippen molar-refractivity contribution in [1.82, 2.24) is 10.6 Å². The molecule has 2 atom stereocenters. The highest BCUT2D eigenvalue weighted by atomic mass is 32.2. The Balaban J connectivity index is 2.76. The first kappa shape index (κ1) is 27.0. The molecule has 0 saturated carbocycles. The third kappa shape index (κ3) is 9.41. The van der Waals surface area contributed by atoms with E-state index in [0.717, 1.165) is 11.8 Å². The first-order valence-electron chi connectivity index (χ1n) is 9.70. The number of aromatic hydroxyl groups is 2. The van der Waals surface area contributed by atoms with Crippen LogP contribution in [0.4, 0.5) is 0 Å². The van der Waals surface area contributed by atoms with E-state index in [1.54, 1.807) is 0 Å². The lowest BCUT2D eigenvalue weighted by Crippen LogP contribution is -2.49. The lowest BCUT2D eigenvalue weighted by atomic mass is 10.1. The van der Waals surface area contributed by atoms with Gasteiger partial charge in [0.25, 0.3) is 0 Å². The van der Waals surface area contributed by atoms with Gasteiger partial charge in [0.05, 0.1) is 10.9 Å². The summed E-state index contributed by atoms with van der Waals surface area (Å²) in [5, 5.41) is 42.9. The summed E-state index contributed by atoms with van der Waals surface area (Å²) in [5.74, 6) is -4.56. The summed E-state index contributed by atoms with van der Waals surface area (Å²) in [6, 6.07) is 0.304. The molecule has 0 radical (unpaired) electrons. The molecule has 178 valence electrons. The van der Waals surface area contributed by atoms with Crippen molar-refractivity contribution in [1.29, 1.82) is 0 Å². The number of aliphatic carboxylic acids is 2. The van der Waals surface area contributed by atoms with Crippen LogP contribution in [0.3, 0.4) is 0 Å². The van der Waals surface area contributed by atoms with Crippen LogP contribution in [0.15, 0.2) is 17.0 Å². The molecule has 0 aliphatic heterocycles. The number of carbonyl (C=O) groups excluding carboxylic acids is 2. The number of phenolic OH excluding ortho intramolecular Hbond substituents is 2. The molecule has 10 N–H and O–H groups in total. The van der Waals surface area contributed by atoms with E-state index in [9.17, 15) is 34.5 Å². The quantitative estimate of drug-likeness (QED) is 0.120. The summed E-state index contributed by atoms with van der Waals surface area (Å²) in [6.45, 7) is 0.494. The fourth-order valence-electron chi connectivity index (χ4n) is 2.51. The number of carboxylic acids is 2. The van der Waals surface area contributed by atoms with Crippen molar-refractivity contribution in [2.75, 3.05) is 18.8 Å². The minimum atomic E-state index is -1.37. The summed E-state index contributed by atoms with van der Waals surface area (Å²) in [4.78, 5) is 45.8. The Hall–Kier alpha value is -3.03. The van der Waals surface area contributed by atoms with Crippen LogP contribution in [0, 0.1) is 0 Å². The predicted molar refractivity (Wildman–Crippen MR) is 115 cm³/mol. The van der Waals surface area contributed by atoms with Gasteiger partial charge < -0.3 is 42.5 Å². The Morgan fingerprint density at radius 2 is 1.78 bits per heavy atom. The molecular weight excluding hydrogens is 444 g/mol. The summed E-state index contributed by atoms with van der Waals surface area (Å²) >= 11 is 0.887. The molecule has 1 rings (SSSR count). The van der Waals surface area contributed by atoms with Crippen molar-refractivity contribution >= 4 is 35.5 Å². The fraction of sp³-hybridized carbons (Fsp3) is 0.474. The molecule has 0 spiro atoms. The van der Waals surface area contributed by atoms with Gasteiger partial charge in [-0.25, -0.2) is 4.79 Å². The Morgan fingerprint density at radius 1 is 1.09 bits per heavy atom. The number of amides is 2. The smallest absolute Gasteiger partial charge is 0.327 e. The first-order valence-corrected chi connectivity index (χ1v) is 10.7. The molecule has 1 aromatic rings. The van der Waals surface area contributed by atoms with E-state index >= 15 is 0 Å². The van der Waals surface area contributed by atoms with Crippen LogP contribution in [0.1, 0.15) is 24.8 Å². The Kier molecular flexibility index (Phi) is 11.3. The van der Waals surface area contributed by atoms with Gasteiger partial charge in [-0.2, -0.15) is 0 Å². The topological polar surface area (TPSA) is 225 Å². The second-order valence-corrected chi connectivity index (χ2v) is 7.91. The predicted octanol–water partition coefficient (Wildman–Crippen LogP) is -1.04. The average Bonchev–Trinajstić information content (AvgIpc) is 2.71. The van der Waals surface area contributed by atoms with Crippen molar-refractivity contribution in [3.05, 3.63) is 17.7 Å². The van der Waals surface area contributed by atoms with E-state index in [1.807, 2.05) is 0 Å². The van der Waals surface area contributed by atoms with Gasteiger partial charge in [0.2, 0.25) is 11.8 Å². The number of hydrogen-bond acceptors (Lipinski definition) is 9. The molecule has 32 heavy (non-hydrogen) atoms. The fourth-order valence-corrected chi connectivity index (χ4v) is 3.55. The number of nitrogens with one attached hydrogen (secondary N) is 2. The maximum Gasteiger partial charge on any atom is 0.327 e. The highest BCUT2D eigenvalue weighted by Crippen LogP contribution is 2.37. The highest BCUT2D eigenvalue weighted by Gasteiger charge is 2.24. The number of carbonyl (C=O) groups is 4. The summed E-state index contributed by atoms with van der Waals surface area (Å²) in [7, 11) is 0. The van der Waals surface area contributed by atoms with Crippen molar-refractivity contribution in [2.45, 2.75) is 42.7 Å². The van der Waals surface area contributed by atoms with Crippen LogP contribution >= 0.6 is 11.8 Å². The third-order valence-corrected chi connectivity index (χ3v) is 5.37. The molecule has 0 unspecified atom stereocenters. The molecule has 0 aliphatic rings. The van der Waals surface area contributed by atoms with Crippen LogP contribution in [0.5, 0.6) is 11.5 Å². The number of thioether (sulfide) groups is 1. The van der Waals surface area contributed by atoms with Gasteiger partial charge in [0.15, 0.2) is 11.5 Å². The second kappa shape index (κ2) is 13.4. The molecule has 1 aromatic carbocycles. The molecule has 0 fully saturated rings. The molecule has 0 aromatic heterocycles. The molecule has 0 aliphatic carbocycles. The van der Waals surface area contributed by atoms with Gasteiger partial charge in [-0.15, -0.1) is 11.8 Å². The van der Waals surface area contributed by atoms with Gasteiger partial charge in [-0.1, -0.05) is 0 Å². The maximum atomic E-state index is 12.0. The van der Waals surface area contributed by atoms with E-state index in [4.69, 9.17) is 16.6 Å². The van der Waals surface area contributed by atoms with Crippen molar-refractivity contribution in [3.8, 4) is 11.5 Å². The summed E-state index contributed by atoms with van der Waals surface area (Å²) < 4.78 is 0. The van der Waals surface area contributed by atoms with Gasteiger partial charge >= 0.3 is 11.9 Å². The van der Waals surface area contributed by atoms with Crippen molar-refractivity contribution < 1.29 is 39.6 Å². The van der Waals surface area contributed by atoms with E-state index in [2.05, 4.69) is 10.6 Å². The maximum absolute atomic E-state index is 12.0. The van der Waals surface area contributed by atoms with E-state index in [-0.39, 0.29) is 48.9 Å². The van der Waals surface area contributed by atoms with Gasteiger partial charge in [0.1, 0.15) is 6.04 Å². The number of carboxylic acid groups (broad SMARTS) is 2. The highest BCUT2D eigenvalue weighted by molar-refractivity contribution is 7.99. The number of benzene rings is 1. The van der Waals surface area contributed by atoms with Crippen LogP contribution in [-0.2, 0) is 25.6 Å². The molecule has 0 bridgehead atoms. The minimum Gasteiger partial charge on any atom is -0.504 e. The average molecular weight is 473 g/mol. The zero-order chi connectivity index (χ0) is 24.3. The molecular formula is C19H28N4O8S. The number of rotatable bonds is 14. The monoisotopic (exact) mass is 472 g/mol. The molecule has 13 heteroatoms. The van der Waals surface area contributed by atoms with Crippen LogP contribution < -0.4 is 22.1 Å². The van der Waals surface area contributed by atoms with Crippen LogP contribution in [0.2, 0.25) is 0 Å². The van der Waals surface area contributed by atoms with E-state index in [0.29, 0.717) is 12.0 Å². The first-order chi connectivity index (χ1) is 15.0. The van der Waals surface area contributed by atoms with Crippen molar-refractivity contribution in [2.24, 2.45) is 11.5 Å². The van der Waals surface area contributed by atoms with Gasteiger partial charge in [-0.05, 0) is 30.5 Å². The Labute approximate surface area is 188 Å². The molecule has 0 saturated heterocycles. The summed E-state index contributed by atoms with van der Waals surface area (Å²) in [6.07, 6.45) is 0.0340. The Morgan fingerprint density at radius 3 is 2.38 bits per heavy atom. The van der Waals surface area contributed by atoms with Crippen LogP contribution in [0.25, 0.3) is 0 Å². The standard InChI is InChI=1S/C19H28N4O8S/c20-5-3-15(25)22-6-4-10-7-13(24)17(28)14(8-10)32-9-12(19(30)31)23-18(29)11(21)1-2-16(26)27/h7-8,11-12,24,28H,1-6,9,20-21H2,(H,22,25)(H,23,29)(H,26,27)(H,30,31)/t11-,12+/m0/s1. The number of nitrogens with two attached hydrogens (primary N) is 2. The van der Waals surface area contributed by atoms with Crippen molar-refractivity contribution in [3.63, 3.8) is 0 Å². The van der Waals surface area contributed by atoms with Crippen LogP contribution in [-0.4, -0.2) is 75.1 Å². The number of hydrogen-bond donors (Lipinski definition) is 8. The van der Waals surface area contributed by atoms with E-state index in [1.165, 1.54) is 12.1 Å². The SMILES string of the molecule is NCCC(=O)NCCc1cc(O)c(O)c(SC[C@@H](NC(=O)[C@@H](N)CCC(=O)O)C(=O)O)c1.